The molecule has 120 valence electrons. The van der Waals surface area contributed by atoms with Crippen LogP contribution in [0.25, 0.3) is 0 Å². The summed E-state index contributed by atoms with van der Waals surface area (Å²) in [5.74, 6) is -1.19. The summed E-state index contributed by atoms with van der Waals surface area (Å²) in [5.41, 5.74) is 3.34. The fourth-order valence-electron chi connectivity index (χ4n) is 2.74. The minimum Gasteiger partial charge on any atom is -0.469 e. The molecule has 0 saturated carbocycles. The summed E-state index contributed by atoms with van der Waals surface area (Å²) >= 11 is 0. The predicted molar refractivity (Wildman–Crippen MR) is 82.3 cm³/mol. The Bertz CT molecular complexity index is 790. The highest BCUT2D eigenvalue weighted by atomic mass is 19.1. The van der Waals surface area contributed by atoms with Crippen LogP contribution in [0.4, 0.5) is 4.39 Å². The third kappa shape index (κ3) is 3.24. The normalized spacial score (nSPS) is 11.8. The summed E-state index contributed by atoms with van der Waals surface area (Å²) in [4.78, 5) is 11.8. The number of benzene rings is 1. The molecule has 23 heavy (non-hydrogen) atoms. The van der Waals surface area contributed by atoms with Crippen molar-refractivity contribution in [3.8, 4) is 6.07 Å². The molecule has 0 aliphatic carbocycles. The number of ether oxygens (including phenoxy) is 1. The lowest BCUT2D eigenvalue weighted by Gasteiger charge is -2.11. The Kier molecular flexibility index (Phi) is 4.80. The van der Waals surface area contributed by atoms with E-state index in [9.17, 15) is 9.18 Å². The van der Waals surface area contributed by atoms with Gasteiger partial charge in [0, 0.05) is 11.3 Å². The highest BCUT2D eigenvalue weighted by Crippen LogP contribution is 2.25. The van der Waals surface area contributed by atoms with Crippen molar-refractivity contribution >= 4 is 5.97 Å². The molecule has 0 unspecified atom stereocenters. The first-order chi connectivity index (χ1) is 10.9. The van der Waals surface area contributed by atoms with Crippen molar-refractivity contribution in [3.05, 3.63) is 52.1 Å². The van der Waals surface area contributed by atoms with Crippen LogP contribution in [-0.4, -0.2) is 22.9 Å². The van der Waals surface area contributed by atoms with Crippen LogP contribution in [0.1, 0.15) is 40.9 Å². The Morgan fingerprint density at radius 3 is 2.78 bits per heavy atom. The number of aromatic nitrogens is 2. The highest BCUT2D eigenvalue weighted by molar-refractivity contribution is 5.78. The molecule has 5 nitrogen and oxygen atoms in total. The summed E-state index contributed by atoms with van der Waals surface area (Å²) in [6.45, 7) is 5.80. The molecule has 0 aliphatic heterocycles. The maximum atomic E-state index is 13.2. The number of carbonyl (C=O) groups excluding carboxylic acids is 1. The number of hydrogen-bond acceptors (Lipinski definition) is 4. The maximum Gasteiger partial charge on any atom is 0.312 e. The molecule has 6 heteroatoms. The molecule has 0 amide bonds. The maximum absolute atomic E-state index is 13.2. The van der Waals surface area contributed by atoms with Crippen LogP contribution in [-0.2, 0) is 16.1 Å². The fraction of sp³-hybridized carbons (Fsp3) is 0.353. The summed E-state index contributed by atoms with van der Waals surface area (Å²) < 4.78 is 19.7. The summed E-state index contributed by atoms with van der Waals surface area (Å²) in [6, 6.07) is 6.10. The van der Waals surface area contributed by atoms with Gasteiger partial charge >= 0.3 is 5.97 Å². The van der Waals surface area contributed by atoms with Crippen LogP contribution in [0.5, 0.6) is 0 Å². The van der Waals surface area contributed by atoms with E-state index in [0.29, 0.717) is 12.1 Å². The molecule has 1 atom stereocenters. The van der Waals surface area contributed by atoms with Crippen LogP contribution < -0.4 is 0 Å². The van der Waals surface area contributed by atoms with E-state index in [2.05, 4.69) is 5.10 Å². The van der Waals surface area contributed by atoms with Crippen molar-refractivity contribution in [1.29, 1.82) is 5.26 Å². The van der Waals surface area contributed by atoms with Gasteiger partial charge in [-0.2, -0.15) is 10.4 Å². The number of nitrogens with zero attached hydrogens (tertiary/aromatic N) is 3. The standard InChI is InChI=1S/C17H18FN3O2/c1-10(17(22)23-4)16-11(2)20-21(12(16)3)9-13-5-6-15(18)7-14(13)8-19/h5-7,10H,9H2,1-4H3/t10-/m1/s1. The Balaban J connectivity index is 2.40. The third-order valence-electron chi connectivity index (χ3n) is 3.94. The van der Waals surface area contributed by atoms with Gasteiger partial charge in [-0.15, -0.1) is 0 Å². The van der Waals surface area contributed by atoms with Crippen LogP contribution in [0.2, 0.25) is 0 Å². The molecule has 2 aromatic rings. The average molecular weight is 315 g/mol. The molecule has 1 aromatic heterocycles. The van der Waals surface area contributed by atoms with Gasteiger partial charge < -0.3 is 4.74 Å². The van der Waals surface area contributed by atoms with E-state index in [0.717, 1.165) is 17.0 Å². The molecule has 0 fully saturated rings. The number of carbonyl (C=O) groups is 1. The Morgan fingerprint density at radius 1 is 1.48 bits per heavy atom. The molecular weight excluding hydrogens is 297 g/mol. The van der Waals surface area contributed by atoms with Crippen molar-refractivity contribution in [3.63, 3.8) is 0 Å². The molecule has 0 bridgehead atoms. The summed E-state index contributed by atoms with van der Waals surface area (Å²) in [6.07, 6.45) is 0. The summed E-state index contributed by atoms with van der Waals surface area (Å²) in [7, 11) is 1.35. The molecule has 0 radical (unpaired) electrons. The lowest BCUT2D eigenvalue weighted by molar-refractivity contribution is -0.142. The number of methoxy groups -OCH3 is 1. The fourth-order valence-corrected chi connectivity index (χ4v) is 2.74. The largest absolute Gasteiger partial charge is 0.469 e. The minimum atomic E-state index is -0.446. The van der Waals surface area contributed by atoms with Crippen molar-refractivity contribution in [1.82, 2.24) is 9.78 Å². The minimum absolute atomic E-state index is 0.278. The predicted octanol–water partition coefficient (Wildman–Crippen LogP) is 2.84. The number of halogens is 1. The van der Waals surface area contributed by atoms with E-state index in [1.54, 1.807) is 17.7 Å². The van der Waals surface area contributed by atoms with E-state index in [1.807, 2.05) is 19.9 Å². The zero-order valence-corrected chi connectivity index (χ0v) is 13.6. The van der Waals surface area contributed by atoms with Gasteiger partial charge in [0.2, 0.25) is 0 Å². The smallest absolute Gasteiger partial charge is 0.312 e. The third-order valence-corrected chi connectivity index (χ3v) is 3.94. The van der Waals surface area contributed by atoms with Gasteiger partial charge in [-0.05, 0) is 38.5 Å². The Morgan fingerprint density at radius 2 is 2.17 bits per heavy atom. The Hall–Kier alpha value is -2.68. The van der Waals surface area contributed by atoms with Crippen LogP contribution in [0, 0.1) is 31.0 Å². The van der Waals surface area contributed by atoms with Gasteiger partial charge in [-0.3, -0.25) is 9.48 Å². The number of nitriles is 1. The number of rotatable bonds is 4. The molecular formula is C17H18FN3O2. The Labute approximate surface area is 134 Å². The van der Waals surface area contributed by atoms with Crippen LogP contribution in [0.3, 0.4) is 0 Å². The van der Waals surface area contributed by atoms with Crippen LogP contribution in [0.15, 0.2) is 18.2 Å². The van der Waals surface area contributed by atoms with E-state index < -0.39 is 11.7 Å². The first-order valence-electron chi connectivity index (χ1n) is 7.19. The molecule has 0 N–H and O–H groups in total. The van der Waals surface area contributed by atoms with Crippen molar-refractivity contribution in [2.75, 3.05) is 7.11 Å². The van der Waals surface area contributed by atoms with Gasteiger partial charge in [0.25, 0.3) is 0 Å². The zero-order valence-electron chi connectivity index (χ0n) is 13.6. The average Bonchev–Trinajstić information content (AvgIpc) is 2.81. The highest BCUT2D eigenvalue weighted by Gasteiger charge is 2.24. The first-order valence-corrected chi connectivity index (χ1v) is 7.19. The zero-order chi connectivity index (χ0) is 17.1. The number of hydrogen-bond donors (Lipinski definition) is 0. The lowest BCUT2D eigenvalue weighted by atomic mass is 9.99. The second kappa shape index (κ2) is 6.61. The van der Waals surface area contributed by atoms with Crippen molar-refractivity contribution in [2.24, 2.45) is 0 Å². The van der Waals surface area contributed by atoms with Gasteiger partial charge in [-0.25, -0.2) is 4.39 Å². The van der Waals surface area contributed by atoms with E-state index in [1.165, 1.54) is 19.2 Å². The van der Waals surface area contributed by atoms with Gasteiger partial charge in [0.15, 0.2) is 0 Å². The van der Waals surface area contributed by atoms with E-state index >= 15 is 0 Å². The number of aryl methyl sites for hydroxylation is 1. The molecule has 2 rings (SSSR count). The SMILES string of the molecule is COC(=O)[C@H](C)c1c(C)nn(Cc2ccc(F)cc2C#N)c1C. The molecule has 0 spiro atoms. The monoisotopic (exact) mass is 315 g/mol. The molecule has 0 aliphatic rings. The molecule has 1 heterocycles. The lowest BCUT2D eigenvalue weighted by Crippen LogP contribution is -2.13. The first kappa shape index (κ1) is 16.7. The van der Waals surface area contributed by atoms with Gasteiger partial charge in [0.05, 0.1) is 36.9 Å². The van der Waals surface area contributed by atoms with E-state index in [4.69, 9.17) is 10.00 Å². The number of esters is 1. The molecule has 0 saturated heterocycles. The second-order valence-electron chi connectivity index (χ2n) is 5.40. The quantitative estimate of drug-likeness (QED) is 0.814. The summed E-state index contributed by atoms with van der Waals surface area (Å²) in [5, 5.41) is 13.6. The van der Waals surface area contributed by atoms with Gasteiger partial charge in [0.1, 0.15) is 5.82 Å². The van der Waals surface area contributed by atoms with Crippen LogP contribution >= 0.6 is 0 Å². The topological polar surface area (TPSA) is 67.9 Å². The molecule has 1 aromatic carbocycles. The second-order valence-corrected chi connectivity index (χ2v) is 5.40. The van der Waals surface area contributed by atoms with Crippen molar-refractivity contribution in [2.45, 2.75) is 33.2 Å². The van der Waals surface area contributed by atoms with E-state index in [-0.39, 0.29) is 11.5 Å². The van der Waals surface area contributed by atoms with Crippen molar-refractivity contribution < 1.29 is 13.9 Å². The van der Waals surface area contributed by atoms with Gasteiger partial charge in [-0.1, -0.05) is 6.07 Å².